The summed E-state index contributed by atoms with van der Waals surface area (Å²) in [6, 6.07) is 8.45. The van der Waals surface area contributed by atoms with E-state index in [0.29, 0.717) is 12.4 Å². The summed E-state index contributed by atoms with van der Waals surface area (Å²) in [7, 11) is 1.90. The van der Waals surface area contributed by atoms with Gasteiger partial charge in [0, 0.05) is 13.5 Å². The Kier molecular flexibility index (Phi) is 3.01. The molecule has 0 atom stereocenters. The molecular formula is C12H16N4. The van der Waals surface area contributed by atoms with Crippen LogP contribution in [0.5, 0.6) is 0 Å². The third-order valence-electron chi connectivity index (χ3n) is 2.56. The number of benzene rings is 1. The number of nitrogens with zero attached hydrogens (tertiary/aromatic N) is 3. The molecular weight excluding hydrogens is 200 g/mol. The summed E-state index contributed by atoms with van der Waals surface area (Å²) in [6.07, 6.45) is 0.795. The predicted molar refractivity (Wildman–Crippen MR) is 62.9 cm³/mol. The Bertz CT molecular complexity index is 470. The molecule has 0 saturated carbocycles. The predicted octanol–water partition coefficient (Wildman–Crippen LogP) is 1.17. The second-order valence-corrected chi connectivity index (χ2v) is 3.93. The average molecular weight is 216 g/mol. The maximum atomic E-state index is 5.51. The van der Waals surface area contributed by atoms with Crippen molar-refractivity contribution in [3.8, 4) is 0 Å². The first kappa shape index (κ1) is 10.8. The topological polar surface area (TPSA) is 56.7 Å². The lowest BCUT2D eigenvalue weighted by Crippen LogP contribution is -2.00. The number of nitrogens with two attached hydrogens (primary N) is 1. The van der Waals surface area contributed by atoms with E-state index >= 15 is 0 Å². The minimum absolute atomic E-state index is 0.391. The molecule has 16 heavy (non-hydrogen) atoms. The van der Waals surface area contributed by atoms with Crippen LogP contribution >= 0.6 is 0 Å². The molecule has 0 radical (unpaired) electrons. The lowest BCUT2D eigenvalue weighted by atomic mass is 10.1. The van der Waals surface area contributed by atoms with E-state index in [1.807, 2.05) is 7.05 Å². The fraction of sp³-hybridized carbons (Fsp3) is 0.333. The molecule has 2 rings (SSSR count). The van der Waals surface area contributed by atoms with E-state index in [1.165, 1.54) is 11.1 Å². The molecule has 1 heterocycles. The molecule has 0 bridgehead atoms. The van der Waals surface area contributed by atoms with Gasteiger partial charge in [0.05, 0.1) is 6.54 Å². The van der Waals surface area contributed by atoms with Crippen molar-refractivity contribution in [2.75, 3.05) is 0 Å². The minimum atomic E-state index is 0.391. The smallest absolute Gasteiger partial charge is 0.164 e. The number of hydrogen-bond donors (Lipinski definition) is 1. The molecule has 1 aromatic carbocycles. The Balaban J connectivity index is 2.19. The highest BCUT2D eigenvalue weighted by Gasteiger charge is 2.06. The molecule has 84 valence electrons. The van der Waals surface area contributed by atoms with Gasteiger partial charge in [-0.15, -0.1) is 0 Å². The van der Waals surface area contributed by atoms with Gasteiger partial charge in [-0.05, 0) is 12.5 Å². The van der Waals surface area contributed by atoms with Crippen LogP contribution in [0.15, 0.2) is 24.3 Å². The van der Waals surface area contributed by atoms with Crippen LogP contribution in [0, 0.1) is 6.92 Å². The van der Waals surface area contributed by atoms with Crippen LogP contribution in [0.4, 0.5) is 0 Å². The van der Waals surface area contributed by atoms with Crippen LogP contribution in [-0.2, 0) is 20.0 Å². The van der Waals surface area contributed by atoms with E-state index in [0.717, 1.165) is 12.2 Å². The zero-order valence-corrected chi connectivity index (χ0v) is 9.64. The first-order chi connectivity index (χ1) is 7.69. The van der Waals surface area contributed by atoms with Crippen molar-refractivity contribution in [3.05, 3.63) is 47.0 Å². The van der Waals surface area contributed by atoms with Crippen LogP contribution in [0.2, 0.25) is 0 Å². The van der Waals surface area contributed by atoms with Crippen LogP contribution in [-0.4, -0.2) is 14.8 Å². The van der Waals surface area contributed by atoms with Gasteiger partial charge in [0.15, 0.2) is 5.82 Å². The summed E-state index contributed by atoms with van der Waals surface area (Å²) in [6.45, 7) is 2.47. The van der Waals surface area contributed by atoms with E-state index in [-0.39, 0.29) is 0 Å². The Labute approximate surface area is 95.1 Å². The summed E-state index contributed by atoms with van der Waals surface area (Å²) in [5.41, 5.74) is 8.02. The Morgan fingerprint density at radius 2 is 1.94 bits per heavy atom. The fourth-order valence-electron chi connectivity index (χ4n) is 1.60. The molecule has 0 saturated heterocycles. The van der Waals surface area contributed by atoms with Crippen LogP contribution in [0.25, 0.3) is 0 Å². The highest BCUT2D eigenvalue weighted by molar-refractivity contribution is 5.23. The lowest BCUT2D eigenvalue weighted by Gasteiger charge is -2.01. The van der Waals surface area contributed by atoms with E-state index < -0.39 is 0 Å². The number of rotatable bonds is 3. The van der Waals surface area contributed by atoms with Crippen molar-refractivity contribution < 1.29 is 0 Å². The highest BCUT2D eigenvalue weighted by atomic mass is 15.3. The molecule has 0 unspecified atom stereocenters. The monoisotopic (exact) mass is 216 g/mol. The van der Waals surface area contributed by atoms with Crippen LogP contribution in [0.1, 0.15) is 22.8 Å². The van der Waals surface area contributed by atoms with Gasteiger partial charge in [0.1, 0.15) is 5.82 Å². The quantitative estimate of drug-likeness (QED) is 0.838. The zero-order chi connectivity index (χ0) is 11.5. The van der Waals surface area contributed by atoms with Gasteiger partial charge in [-0.25, -0.2) is 4.98 Å². The highest BCUT2D eigenvalue weighted by Crippen LogP contribution is 2.08. The van der Waals surface area contributed by atoms with Crippen molar-refractivity contribution in [1.82, 2.24) is 14.8 Å². The summed E-state index contributed by atoms with van der Waals surface area (Å²) < 4.78 is 1.79. The van der Waals surface area contributed by atoms with Crippen molar-refractivity contribution in [2.45, 2.75) is 19.9 Å². The summed E-state index contributed by atoms with van der Waals surface area (Å²) in [5, 5.41) is 4.22. The fourth-order valence-corrected chi connectivity index (χ4v) is 1.60. The van der Waals surface area contributed by atoms with Crippen LogP contribution < -0.4 is 5.73 Å². The summed E-state index contributed by atoms with van der Waals surface area (Å²) in [5.74, 6) is 1.65. The largest absolute Gasteiger partial charge is 0.324 e. The van der Waals surface area contributed by atoms with Crippen molar-refractivity contribution in [1.29, 1.82) is 0 Å². The Morgan fingerprint density at radius 3 is 2.50 bits per heavy atom. The molecule has 4 heteroatoms. The van der Waals surface area contributed by atoms with Crippen LogP contribution in [0.3, 0.4) is 0 Å². The first-order valence-electron chi connectivity index (χ1n) is 5.33. The van der Waals surface area contributed by atoms with Gasteiger partial charge in [0.2, 0.25) is 0 Å². The molecule has 0 fully saturated rings. The summed E-state index contributed by atoms with van der Waals surface area (Å²) in [4.78, 5) is 4.37. The second kappa shape index (κ2) is 4.45. The van der Waals surface area contributed by atoms with E-state index in [2.05, 4.69) is 41.3 Å². The van der Waals surface area contributed by atoms with Crippen molar-refractivity contribution in [2.24, 2.45) is 12.8 Å². The number of hydrogen-bond acceptors (Lipinski definition) is 3. The van der Waals surface area contributed by atoms with Gasteiger partial charge in [0.25, 0.3) is 0 Å². The Morgan fingerprint density at radius 1 is 1.25 bits per heavy atom. The standard InChI is InChI=1S/C12H16N4/c1-9-3-5-10(6-4-9)7-12-14-11(8-13)15-16(12)2/h3-6H,7-8,13H2,1-2H3. The summed E-state index contributed by atoms with van der Waals surface area (Å²) >= 11 is 0. The molecule has 0 amide bonds. The van der Waals surface area contributed by atoms with E-state index in [9.17, 15) is 0 Å². The van der Waals surface area contributed by atoms with Crippen molar-refractivity contribution >= 4 is 0 Å². The van der Waals surface area contributed by atoms with Gasteiger partial charge in [-0.1, -0.05) is 29.8 Å². The maximum Gasteiger partial charge on any atom is 0.164 e. The third-order valence-corrected chi connectivity index (χ3v) is 2.56. The maximum absolute atomic E-state index is 5.51. The molecule has 1 aromatic heterocycles. The van der Waals surface area contributed by atoms with Gasteiger partial charge >= 0.3 is 0 Å². The first-order valence-corrected chi connectivity index (χ1v) is 5.33. The molecule has 0 spiro atoms. The average Bonchev–Trinajstić information content (AvgIpc) is 2.63. The van der Waals surface area contributed by atoms with Gasteiger partial charge in [-0.3, -0.25) is 4.68 Å². The Hall–Kier alpha value is -1.68. The third kappa shape index (κ3) is 2.28. The number of aryl methyl sites for hydroxylation is 2. The molecule has 4 nitrogen and oxygen atoms in total. The van der Waals surface area contributed by atoms with Gasteiger partial charge < -0.3 is 5.73 Å². The molecule has 0 aliphatic heterocycles. The van der Waals surface area contributed by atoms with E-state index in [4.69, 9.17) is 5.73 Å². The van der Waals surface area contributed by atoms with Gasteiger partial charge in [-0.2, -0.15) is 5.10 Å². The lowest BCUT2D eigenvalue weighted by molar-refractivity contribution is 0.705. The zero-order valence-electron chi connectivity index (χ0n) is 9.64. The normalized spacial score (nSPS) is 10.7. The molecule has 2 N–H and O–H groups in total. The van der Waals surface area contributed by atoms with E-state index in [1.54, 1.807) is 4.68 Å². The second-order valence-electron chi connectivity index (χ2n) is 3.93. The molecule has 0 aliphatic rings. The van der Waals surface area contributed by atoms with Crippen molar-refractivity contribution in [3.63, 3.8) is 0 Å². The minimum Gasteiger partial charge on any atom is -0.324 e. The SMILES string of the molecule is Cc1ccc(Cc2nc(CN)nn2C)cc1. The number of aromatic nitrogens is 3. The molecule has 0 aliphatic carbocycles. The molecule has 2 aromatic rings.